The number of allylic oxidation sites excluding steroid dienone is 2. The molecule has 0 saturated carbocycles. The number of ether oxygens (including phenoxy) is 1. The summed E-state index contributed by atoms with van der Waals surface area (Å²) in [7, 11) is 1.59. The van der Waals surface area contributed by atoms with Gasteiger partial charge in [0.05, 0.1) is 18.9 Å². The number of methoxy groups -OCH3 is 1. The van der Waals surface area contributed by atoms with E-state index in [2.05, 4.69) is 33.2 Å². The topological polar surface area (TPSA) is 80.0 Å². The summed E-state index contributed by atoms with van der Waals surface area (Å²) < 4.78 is 5.13. The molecule has 2 aliphatic carbocycles. The minimum Gasteiger partial charge on any atom is -0.481 e. The molecular weight excluding hydrogens is 376 g/mol. The van der Waals surface area contributed by atoms with Crippen molar-refractivity contribution in [3.05, 3.63) is 76.4 Å². The lowest BCUT2D eigenvalue weighted by molar-refractivity contribution is 0.139. The maximum atomic E-state index is 11.0. The van der Waals surface area contributed by atoms with Gasteiger partial charge in [0.1, 0.15) is 6.04 Å². The summed E-state index contributed by atoms with van der Waals surface area (Å²) in [4.78, 5) is 8.53. The first-order valence-electron chi connectivity index (χ1n) is 10.6. The lowest BCUT2D eigenvalue weighted by Crippen LogP contribution is -2.24. The number of hydrogen-bond acceptors (Lipinski definition) is 6. The largest absolute Gasteiger partial charge is 0.481 e. The summed E-state index contributed by atoms with van der Waals surface area (Å²) >= 11 is 0. The van der Waals surface area contributed by atoms with Crippen molar-refractivity contribution >= 4 is 0 Å². The fourth-order valence-electron chi connectivity index (χ4n) is 5.21. The Hall–Kier alpha value is -2.86. The van der Waals surface area contributed by atoms with Gasteiger partial charge in [0.25, 0.3) is 0 Å². The molecule has 2 aromatic heterocycles. The molecule has 0 fully saturated rings. The van der Waals surface area contributed by atoms with Crippen LogP contribution in [0.2, 0.25) is 0 Å². The summed E-state index contributed by atoms with van der Waals surface area (Å²) in [6, 6.07) is 7.69. The molecule has 3 aliphatic rings. The van der Waals surface area contributed by atoms with Gasteiger partial charge in [-0.15, -0.1) is 0 Å². The van der Waals surface area contributed by atoms with Crippen molar-refractivity contribution in [3.8, 4) is 5.88 Å². The summed E-state index contributed by atoms with van der Waals surface area (Å²) in [5.74, 6) is 1.05. The predicted molar refractivity (Wildman–Crippen MR) is 113 cm³/mol. The van der Waals surface area contributed by atoms with Crippen molar-refractivity contribution in [3.63, 3.8) is 0 Å². The third kappa shape index (κ3) is 3.16. The highest BCUT2D eigenvalue weighted by molar-refractivity contribution is 5.53. The van der Waals surface area contributed by atoms with Crippen molar-refractivity contribution in [1.82, 2.24) is 9.97 Å². The zero-order valence-corrected chi connectivity index (χ0v) is 17.3. The first-order chi connectivity index (χ1) is 14.7. The van der Waals surface area contributed by atoms with Crippen LogP contribution in [0.5, 0.6) is 5.88 Å². The van der Waals surface area contributed by atoms with Crippen molar-refractivity contribution in [1.29, 1.82) is 0 Å². The molecule has 30 heavy (non-hydrogen) atoms. The number of aliphatic hydroxyl groups excluding tert-OH is 1. The molecule has 4 atom stereocenters. The minimum absolute atomic E-state index is 0.0455. The van der Waals surface area contributed by atoms with Gasteiger partial charge in [0.2, 0.25) is 5.88 Å². The molecule has 5 rings (SSSR count). The first-order valence-corrected chi connectivity index (χ1v) is 10.6. The van der Waals surface area contributed by atoms with E-state index in [4.69, 9.17) is 4.74 Å². The monoisotopic (exact) mass is 402 g/mol. The van der Waals surface area contributed by atoms with Gasteiger partial charge in [-0.25, -0.2) is 4.98 Å². The maximum Gasteiger partial charge on any atom is 0.212 e. The molecule has 0 aromatic carbocycles. The number of rotatable bonds is 5. The van der Waals surface area contributed by atoms with Crippen LogP contribution in [0.15, 0.2) is 75.5 Å². The molecule has 0 spiro atoms. The van der Waals surface area contributed by atoms with Gasteiger partial charge in [-0.05, 0) is 54.9 Å². The second-order valence-corrected chi connectivity index (χ2v) is 8.34. The van der Waals surface area contributed by atoms with Crippen LogP contribution in [0.3, 0.4) is 0 Å². The fraction of sp³-hybridized carbons (Fsp3) is 0.417. The van der Waals surface area contributed by atoms with Crippen LogP contribution in [0.1, 0.15) is 55.9 Å². The number of aliphatic hydroxyl groups is 1. The Labute approximate surface area is 176 Å². The highest BCUT2D eigenvalue weighted by Gasteiger charge is 2.42. The zero-order chi connectivity index (χ0) is 20.7. The molecule has 1 aliphatic heterocycles. The summed E-state index contributed by atoms with van der Waals surface area (Å²) in [6.45, 7) is 2.23. The standard InChI is InChI=1S/C24H26N4O2/c1-14-19(11-20(29)15-8-9-21(30-2)26-13-15)17-6-3-7-18(17)22-23(14)27-28-24(22)16-5-4-10-25-12-16/h4-5,8-10,12-14,19-20,24,29H,3,6-7,11H2,1-2H3/t14-,19-,20?,24+/m1/s1. The van der Waals surface area contributed by atoms with Gasteiger partial charge in [-0.3, -0.25) is 4.98 Å². The SMILES string of the molecule is COc1ccc(C(O)C[C@H]2C3=C(CCC3)C3=C(N=N[C@H]3c3cccnc3)[C@@H]2C)cn1. The molecule has 1 unspecified atom stereocenters. The molecule has 1 N–H and O–H groups in total. The third-order valence-corrected chi connectivity index (χ3v) is 6.73. The molecule has 0 amide bonds. The van der Waals surface area contributed by atoms with Crippen molar-refractivity contribution in [2.24, 2.45) is 22.1 Å². The van der Waals surface area contributed by atoms with Crippen molar-refractivity contribution in [2.75, 3.05) is 7.11 Å². The van der Waals surface area contributed by atoms with Crippen molar-refractivity contribution in [2.45, 2.75) is 44.8 Å². The van der Waals surface area contributed by atoms with Crippen LogP contribution < -0.4 is 4.74 Å². The van der Waals surface area contributed by atoms with E-state index in [1.165, 1.54) is 16.7 Å². The molecule has 6 heteroatoms. The Bertz CT molecular complexity index is 1030. The van der Waals surface area contributed by atoms with Gasteiger partial charge in [0.15, 0.2) is 0 Å². The Kier molecular flexibility index (Phi) is 4.95. The Balaban J connectivity index is 1.44. The van der Waals surface area contributed by atoms with E-state index in [1.807, 2.05) is 18.3 Å². The fourth-order valence-corrected chi connectivity index (χ4v) is 5.21. The van der Waals surface area contributed by atoms with E-state index < -0.39 is 6.10 Å². The molecule has 0 bridgehead atoms. The zero-order valence-electron chi connectivity index (χ0n) is 17.3. The third-order valence-electron chi connectivity index (χ3n) is 6.73. The number of aromatic nitrogens is 2. The molecule has 154 valence electrons. The molecular formula is C24H26N4O2. The normalized spacial score (nSPS) is 26.0. The second kappa shape index (κ2) is 7.76. The molecule has 3 heterocycles. The van der Waals surface area contributed by atoms with Gasteiger partial charge in [-0.2, -0.15) is 10.2 Å². The van der Waals surface area contributed by atoms with Crippen LogP contribution in [0, 0.1) is 11.8 Å². The quantitative estimate of drug-likeness (QED) is 0.753. The maximum absolute atomic E-state index is 11.0. The Morgan fingerprint density at radius 3 is 2.83 bits per heavy atom. The lowest BCUT2D eigenvalue weighted by Gasteiger charge is -2.33. The van der Waals surface area contributed by atoms with E-state index in [0.29, 0.717) is 12.3 Å². The van der Waals surface area contributed by atoms with E-state index in [0.717, 1.165) is 36.1 Å². The predicted octanol–water partition coefficient (Wildman–Crippen LogP) is 5.12. The van der Waals surface area contributed by atoms with Gasteiger partial charge >= 0.3 is 0 Å². The number of fused-ring (bicyclic) bond motifs is 1. The van der Waals surface area contributed by atoms with Gasteiger partial charge in [-0.1, -0.05) is 18.6 Å². The summed E-state index contributed by atoms with van der Waals surface area (Å²) in [5, 5.41) is 20.2. The van der Waals surface area contributed by atoms with Crippen LogP contribution in [0.25, 0.3) is 0 Å². The second-order valence-electron chi connectivity index (χ2n) is 8.34. The van der Waals surface area contributed by atoms with E-state index in [1.54, 1.807) is 25.6 Å². The van der Waals surface area contributed by atoms with Crippen molar-refractivity contribution < 1.29 is 9.84 Å². The highest BCUT2D eigenvalue weighted by Crippen LogP contribution is 2.55. The van der Waals surface area contributed by atoms with Crippen LogP contribution in [-0.2, 0) is 0 Å². The average molecular weight is 402 g/mol. The lowest BCUT2D eigenvalue weighted by atomic mass is 9.71. The van der Waals surface area contributed by atoms with Crippen LogP contribution >= 0.6 is 0 Å². The molecule has 2 aromatic rings. The van der Waals surface area contributed by atoms with E-state index in [9.17, 15) is 5.11 Å². The Morgan fingerprint density at radius 1 is 1.20 bits per heavy atom. The van der Waals surface area contributed by atoms with Gasteiger partial charge in [0, 0.05) is 41.7 Å². The number of nitrogens with zero attached hydrogens (tertiary/aromatic N) is 4. The first kappa shape index (κ1) is 19.1. The smallest absolute Gasteiger partial charge is 0.212 e. The van der Waals surface area contributed by atoms with E-state index in [-0.39, 0.29) is 17.9 Å². The highest BCUT2D eigenvalue weighted by atomic mass is 16.5. The minimum atomic E-state index is -0.570. The summed E-state index contributed by atoms with van der Waals surface area (Å²) in [6.07, 6.45) is 8.81. The average Bonchev–Trinajstić information content (AvgIpc) is 3.44. The molecule has 6 nitrogen and oxygen atoms in total. The molecule has 0 radical (unpaired) electrons. The van der Waals surface area contributed by atoms with Crippen LogP contribution in [-0.4, -0.2) is 22.2 Å². The van der Waals surface area contributed by atoms with Crippen LogP contribution in [0.4, 0.5) is 0 Å². The number of hydrogen-bond donors (Lipinski definition) is 1. The summed E-state index contributed by atoms with van der Waals surface area (Å²) in [5.41, 5.74) is 7.22. The Morgan fingerprint density at radius 2 is 2.10 bits per heavy atom. The van der Waals surface area contributed by atoms with Gasteiger partial charge < -0.3 is 9.84 Å². The van der Waals surface area contributed by atoms with E-state index >= 15 is 0 Å². The molecule has 0 saturated heterocycles. The number of pyridine rings is 2. The number of azo groups is 1.